The van der Waals surface area contributed by atoms with Gasteiger partial charge in [0.25, 0.3) is 10.2 Å². The fourth-order valence-corrected chi connectivity index (χ4v) is 4.02. The van der Waals surface area contributed by atoms with E-state index in [0.717, 1.165) is 19.3 Å². The second-order valence-electron chi connectivity index (χ2n) is 5.68. The number of piperidine rings is 1. The summed E-state index contributed by atoms with van der Waals surface area (Å²) in [5.74, 6) is 0.455. The van der Waals surface area contributed by atoms with Crippen LogP contribution in [-0.4, -0.2) is 32.4 Å². The SMILES string of the molecule is Cc1ccccc1CCNS(=O)(=O)N1CCCC(C)C1. The summed E-state index contributed by atoms with van der Waals surface area (Å²) in [6, 6.07) is 8.09. The molecule has 0 radical (unpaired) electrons. The number of hydrogen-bond donors (Lipinski definition) is 1. The van der Waals surface area contributed by atoms with Crippen LogP contribution in [0.5, 0.6) is 0 Å². The molecule has 1 unspecified atom stereocenters. The van der Waals surface area contributed by atoms with Gasteiger partial charge in [0.05, 0.1) is 0 Å². The van der Waals surface area contributed by atoms with Gasteiger partial charge in [0.1, 0.15) is 0 Å². The van der Waals surface area contributed by atoms with E-state index in [0.29, 0.717) is 25.6 Å². The Morgan fingerprint density at radius 3 is 2.80 bits per heavy atom. The van der Waals surface area contributed by atoms with Crippen molar-refractivity contribution in [2.24, 2.45) is 5.92 Å². The average Bonchev–Trinajstić information content (AvgIpc) is 2.41. The van der Waals surface area contributed by atoms with Gasteiger partial charge >= 0.3 is 0 Å². The molecule has 1 aliphatic heterocycles. The highest BCUT2D eigenvalue weighted by atomic mass is 32.2. The van der Waals surface area contributed by atoms with Crippen LogP contribution in [0.15, 0.2) is 24.3 Å². The van der Waals surface area contributed by atoms with E-state index >= 15 is 0 Å². The number of rotatable bonds is 5. The molecule has 4 nitrogen and oxygen atoms in total. The number of hydrogen-bond acceptors (Lipinski definition) is 2. The van der Waals surface area contributed by atoms with Crippen LogP contribution in [0.3, 0.4) is 0 Å². The first-order valence-electron chi connectivity index (χ1n) is 7.28. The Morgan fingerprint density at radius 1 is 1.35 bits per heavy atom. The van der Waals surface area contributed by atoms with E-state index in [1.807, 2.05) is 18.2 Å². The van der Waals surface area contributed by atoms with Crippen LogP contribution in [0.2, 0.25) is 0 Å². The summed E-state index contributed by atoms with van der Waals surface area (Å²) in [7, 11) is -3.32. The Hall–Kier alpha value is -0.910. The normalized spacial score (nSPS) is 21.0. The van der Waals surface area contributed by atoms with E-state index in [1.165, 1.54) is 11.1 Å². The summed E-state index contributed by atoms with van der Waals surface area (Å²) >= 11 is 0. The molecule has 1 aromatic carbocycles. The third-order valence-electron chi connectivity index (χ3n) is 3.90. The molecule has 0 spiro atoms. The molecule has 1 aromatic rings. The van der Waals surface area contributed by atoms with Gasteiger partial charge in [0, 0.05) is 19.6 Å². The second-order valence-corrected chi connectivity index (χ2v) is 7.44. The zero-order chi connectivity index (χ0) is 14.6. The molecule has 0 amide bonds. The van der Waals surface area contributed by atoms with E-state index < -0.39 is 10.2 Å². The van der Waals surface area contributed by atoms with Crippen LogP contribution in [0.4, 0.5) is 0 Å². The average molecular weight is 296 g/mol. The molecule has 0 aromatic heterocycles. The maximum Gasteiger partial charge on any atom is 0.279 e. The summed E-state index contributed by atoms with van der Waals surface area (Å²) < 4.78 is 28.7. The first-order chi connectivity index (χ1) is 9.49. The first-order valence-corrected chi connectivity index (χ1v) is 8.72. The monoisotopic (exact) mass is 296 g/mol. The van der Waals surface area contributed by atoms with Gasteiger partial charge in [-0.2, -0.15) is 12.7 Å². The predicted octanol–water partition coefficient (Wildman–Crippen LogP) is 2.10. The van der Waals surface area contributed by atoms with Crippen LogP contribution in [0.25, 0.3) is 0 Å². The zero-order valence-corrected chi connectivity index (χ0v) is 13.1. The molecule has 1 N–H and O–H groups in total. The number of aryl methyl sites for hydroxylation is 1. The number of nitrogens with one attached hydrogen (secondary N) is 1. The van der Waals surface area contributed by atoms with Crippen molar-refractivity contribution >= 4 is 10.2 Å². The van der Waals surface area contributed by atoms with Gasteiger partial charge in [-0.3, -0.25) is 0 Å². The fraction of sp³-hybridized carbons (Fsp3) is 0.600. The van der Waals surface area contributed by atoms with Gasteiger partial charge in [-0.1, -0.05) is 31.2 Å². The van der Waals surface area contributed by atoms with Gasteiger partial charge in [0.15, 0.2) is 0 Å². The van der Waals surface area contributed by atoms with E-state index in [9.17, 15) is 8.42 Å². The van der Waals surface area contributed by atoms with Crippen molar-refractivity contribution in [3.05, 3.63) is 35.4 Å². The van der Waals surface area contributed by atoms with Crippen LogP contribution < -0.4 is 4.72 Å². The van der Waals surface area contributed by atoms with Crippen LogP contribution >= 0.6 is 0 Å². The van der Waals surface area contributed by atoms with E-state index in [4.69, 9.17) is 0 Å². The minimum atomic E-state index is -3.32. The molecule has 0 bridgehead atoms. The van der Waals surface area contributed by atoms with Crippen molar-refractivity contribution in [3.8, 4) is 0 Å². The Labute approximate surface area is 122 Å². The highest BCUT2D eigenvalue weighted by molar-refractivity contribution is 7.87. The van der Waals surface area contributed by atoms with Gasteiger partial charge in [-0.25, -0.2) is 4.72 Å². The minimum absolute atomic E-state index is 0.455. The molecular weight excluding hydrogens is 272 g/mol. The Bertz CT molecular complexity index is 543. The van der Waals surface area contributed by atoms with E-state index in [1.54, 1.807) is 4.31 Å². The fourth-order valence-electron chi connectivity index (χ4n) is 2.66. The Balaban J connectivity index is 1.88. The molecule has 1 saturated heterocycles. The van der Waals surface area contributed by atoms with Crippen LogP contribution in [0.1, 0.15) is 30.9 Å². The van der Waals surface area contributed by atoms with Gasteiger partial charge in [0.2, 0.25) is 0 Å². The van der Waals surface area contributed by atoms with Crippen LogP contribution in [-0.2, 0) is 16.6 Å². The van der Waals surface area contributed by atoms with Crippen molar-refractivity contribution in [2.75, 3.05) is 19.6 Å². The summed E-state index contributed by atoms with van der Waals surface area (Å²) in [4.78, 5) is 0. The molecule has 1 atom stereocenters. The van der Waals surface area contributed by atoms with Gasteiger partial charge < -0.3 is 0 Å². The maximum atomic E-state index is 12.2. The quantitative estimate of drug-likeness (QED) is 0.904. The molecule has 1 heterocycles. The smallest absolute Gasteiger partial charge is 0.202 e. The van der Waals surface area contributed by atoms with Gasteiger partial charge in [-0.05, 0) is 43.2 Å². The number of benzene rings is 1. The van der Waals surface area contributed by atoms with Crippen molar-refractivity contribution in [1.82, 2.24) is 9.03 Å². The lowest BCUT2D eigenvalue weighted by atomic mass is 10.0. The molecule has 1 fully saturated rings. The lowest BCUT2D eigenvalue weighted by Crippen LogP contribution is -2.46. The molecule has 112 valence electrons. The maximum absolute atomic E-state index is 12.2. The lowest BCUT2D eigenvalue weighted by molar-refractivity contribution is 0.278. The largest absolute Gasteiger partial charge is 0.279 e. The van der Waals surface area contributed by atoms with Gasteiger partial charge in [-0.15, -0.1) is 0 Å². The molecule has 5 heteroatoms. The third kappa shape index (κ3) is 4.04. The first kappa shape index (κ1) is 15.5. The lowest BCUT2D eigenvalue weighted by Gasteiger charge is -2.30. The van der Waals surface area contributed by atoms with Crippen LogP contribution in [0, 0.1) is 12.8 Å². The van der Waals surface area contributed by atoms with Crippen molar-refractivity contribution in [3.63, 3.8) is 0 Å². The van der Waals surface area contributed by atoms with Crippen molar-refractivity contribution in [1.29, 1.82) is 0 Å². The summed E-state index contributed by atoms with van der Waals surface area (Å²) in [6.07, 6.45) is 2.81. The predicted molar refractivity (Wildman–Crippen MR) is 81.8 cm³/mol. The van der Waals surface area contributed by atoms with E-state index in [-0.39, 0.29) is 0 Å². The number of nitrogens with zero attached hydrogens (tertiary/aromatic N) is 1. The molecule has 0 saturated carbocycles. The minimum Gasteiger partial charge on any atom is -0.202 e. The molecule has 20 heavy (non-hydrogen) atoms. The molecular formula is C15H24N2O2S. The standard InChI is InChI=1S/C15H24N2O2S/c1-13-6-5-11-17(12-13)20(18,19)16-10-9-15-8-4-3-7-14(15)2/h3-4,7-8,13,16H,5-6,9-12H2,1-2H3. The highest BCUT2D eigenvalue weighted by Crippen LogP contribution is 2.17. The highest BCUT2D eigenvalue weighted by Gasteiger charge is 2.26. The van der Waals surface area contributed by atoms with E-state index in [2.05, 4.69) is 24.6 Å². The molecule has 1 aliphatic rings. The summed E-state index contributed by atoms with van der Waals surface area (Å²) in [6.45, 7) is 5.90. The molecule has 0 aliphatic carbocycles. The molecule has 2 rings (SSSR count). The van der Waals surface area contributed by atoms with Crippen molar-refractivity contribution in [2.45, 2.75) is 33.1 Å². The second kappa shape index (κ2) is 6.70. The summed E-state index contributed by atoms with van der Waals surface area (Å²) in [5.41, 5.74) is 2.40. The third-order valence-corrected chi connectivity index (χ3v) is 5.48. The Kier molecular flexibility index (Phi) is 5.18. The Morgan fingerprint density at radius 2 is 2.10 bits per heavy atom. The topological polar surface area (TPSA) is 49.4 Å². The summed E-state index contributed by atoms with van der Waals surface area (Å²) in [5, 5.41) is 0. The van der Waals surface area contributed by atoms with Crippen molar-refractivity contribution < 1.29 is 8.42 Å². The zero-order valence-electron chi connectivity index (χ0n) is 12.3.